The number of benzene rings is 1. The minimum Gasteiger partial charge on any atom is -0.416 e. The third-order valence-electron chi connectivity index (χ3n) is 7.14. The van der Waals surface area contributed by atoms with Crippen LogP contribution in [0, 0.1) is 0 Å². The normalized spacial score (nSPS) is 22.6. The van der Waals surface area contributed by atoms with E-state index in [1.54, 1.807) is 0 Å². The largest absolute Gasteiger partial charge is 0.573 e. The quantitative estimate of drug-likeness (QED) is 0.374. The molecule has 1 fully saturated rings. The maximum absolute atomic E-state index is 13.9. The van der Waals surface area contributed by atoms with Crippen LogP contribution in [0.15, 0.2) is 44.5 Å². The van der Waals surface area contributed by atoms with Gasteiger partial charge in [-0.25, -0.2) is 9.19 Å². The molecule has 0 saturated carbocycles. The van der Waals surface area contributed by atoms with E-state index in [-0.39, 0.29) is 39.5 Å². The van der Waals surface area contributed by atoms with Crippen LogP contribution in [0.3, 0.4) is 0 Å². The maximum atomic E-state index is 13.9. The summed E-state index contributed by atoms with van der Waals surface area (Å²) in [5, 5.41) is 17.8. The molecule has 16 heteroatoms. The van der Waals surface area contributed by atoms with E-state index in [2.05, 4.69) is 19.9 Å². The minimum absolute atomic E-state index is 0.0510. The van der Waals surface area contributed by atoms with Gasteiger partial charge in [0.05, 0.1) is 21.4 Å². The van der Waals surface area contributed by atoms with Crippen molar-refractivity contribution in [3.63, 3.8) is 0 Å². The van der Waals surface area contributed by atoms with Gasteiger partial charge < -0.3 is 24.9 Å². The lowest BCUT2D eigenvalue weighted by Gasteiger charge is -2.29. The monoisotopic (exact) mass is 605 g/mol. The first kappa shape index (κ1) is 29.1. The summed E-state index contributed by atoms with van der Waals surface area (Å²) in [6.07, 6.45) is -7.48. The molecule has 2 aromatic heterocycles. The van der Waals surface area contributed by atoms with Gasteiger partial charge in [-0.2, -0.15) is 13.2 Å². The van der Waals surface area contributed by atoms with Crippen LogP contribution >= 0.6 is 0 Å². The van der Waals surface area contributed by atoms with Crippen molar-refractivity contribution in [3.8, 4) is 17.3 Å². The Labute approximate surface area is 232 Å². The summed E-state index contributed by atoms with van der Waals surface area (Å²) in [6, 6.07) is 5.77. The molecule has 1 saturated heterocycles. The highest BCUT2D eigenvalue weighted by atomic mass is 32.2. The standard InChI is InChI=1S/C25H25F6N5O4S/c26-24(27,28)23(37)11-3-1-2-5-14-6-4-12-36(14)20-18(13-17(32)19(33-20)21-34-35-22(23)39-21)41(38)16-9-7-15(8-10-16)40-25(29,30)31/h7-10,13-14,37H,1-6,11-12,32H2/t14-,23?,41?/m1/s1. The number of hydrogen-bond donors (Lipinski definition) is 2. The van der Waals surface area contributed by atoms with Gasteiger partial charge in [0, 0.05) is 17.5 Å². The van der Waals surface area contributed by atoms with Gasteiger partial charge in [-0.05, 0) is 62.4 Å². The van der Waals surface area contributed by atoms with Crippen LogP contribution < -0.4 is 15.4 Å². The molecule has 3 atom stereocenters. The fraction of sp³-hybridized carbons (Fsp3) is 0.480. The van der Waals surface area contributed by atoms with E-state index in [4.69, 9.17) is 10.2 Å². The van der Waals surface area contributed by atoms with Crippen molar-refractivity contribution >= 4 is 22.3 Å². The molecule has 0 radical (unpaired) electrons. The minimum atomic E-state index is -5.08. The fourth-order valence-electron chi connectivity index (χ4n) is 5.11. The number of anilines is 2. The molecule has 1 aromatic carbocycles. The number of aromatic nitrogens is 3. The first-order chi connectivity index (χ1) is 19.3. The molecule has 4 bridgehead atoms. The number of aliphatic hydroxyl groups is 1. The fourth-order valence-corrected chi connectivity index (χ4v) is 6.31. The van der Waals surface area contributed by atoms with Crippen LogP contribution in [0.4, 0.5) is 37.8 Å². The molecule has 3 N–H and O–H groups in total. The Hall–Kier alpha value is -3.40. The molecular weight excluding hydrogens is 580 g/mol. The molecule has 0 amide bonds. The van der Waals surface area contributed by atoms with Gasteiger partial charge in [0.15, 0.2) is 5.69 Å². The topological polar surface area (TPSA) is 128 Å². The lowest BCUT2D eigenvalue weighted by atomic mass is 9.94. The molecule has 5 rings (SSSR count). The average molecular weight is 606 g/mol. The number of hydrogen-bond acceptors (Lipinski definition) is 9. The van der Waals surface area contributed by atoms with Gasteiger partial charge in [0.2, 0.25) is 5.60 Å². The van der Waals surface area contributed by atoms with Gasteiger partial charge in [-0.1, -0.05) is 12.8 Å². The predicted octanol–water partition coefficient (Wildman–Crippen LogP) is 5.46. The van der Waals surface area contributed by atoms with Crippen LogP contribution in [0.2, 0.25) is 0 Å². The molecule has 9 nitrogen and oxygen atoms in total. The first-order valence-corrected chi connectivity index (χ1v) is 13.9. The molecule has 2 unspecified atom stereocenters. The van der Waals surface area contributed by atoms with Gasteiger partial charge in [-0.15, -0.1) is 23.4 Å². The molecular formula is C25H25F6N5O4S. The van der Waals surface area contributed by atoms with Crippen LogP contribution in [0.5, 0.6) is 5.75 Å². The Bertz CT molecular complexity index is 1430. The van der Waals surface area contributed by atoms with Crippen molar-refractivity contribution < 1.29 is 44.8 Å². The number of rotatable bonds is 3. The number of halogens is 6. The third kappa shape index (κ3) is 5.84. The smallest absolute Gasteiger partial charge is 0.416 e. The Morgan fingerprint density at radius 1 is 1.05 bits per heavy atom. The van der Waals surface area contributed by atoms with Crippen LogP contribution in [0.25, 0.3) is 11.6 Å². The molecule has 2 aliphatic rings. The summed E-state index contributed by atoms with van der Waals surface area (Å²) in [5.41, 5.74) is 2.55. The number of pyridine rings is 1. The summed E-state index contributed by atoms with van der Waals surface area (Å²) in [4.78, 5) is 6.80. The maximum Gasteiger partial charge on any atom is 0.573 e. The summed E-state index contributed by atoms with van der Waals surface area (Å²) in [5.74, 6) is -1.75. The van der Waals surface area contributed by atoms with E-state index in [0.717, 1.165) is 25.0 Å². The number of nitrogens with zero attached hydrogens (tertiary/aromatic N) is 4. The van der Waals surface area contributed by atoms with Crippen molar-refractivity contribution in [2.45, 2.75) is 78.9 Å². The molecule has 41 heavy (non-hydrogen) atoms. The van der Waals surface area contributed by atoms with Gasteiger partial charge in [0.1, 0.15) is 11.6 Å². The van der Waals surface area contributed by atoms with Crippen molar-refractivity contribution in [2.75, 3.05) is 17.2 Å². The highest BCUT2D eigenvalue weighted by molar-refractivity contribution is 7.85. The van der Waals surface area contributed by atoms with Crippen molar-refractivity contribution in [1.29, 1.82) is 0 Å². The number of ether oxygens (including phenoxy) is 1. The highest BCUT2D eigenvalue weighted by Crippen LogP contribution is 2.44. The molecule has 0 spiro atoms. The third-order valence-corrected chi connectivity index (χ3v) is 8.54. The SMILES string of the molecule is Nc1cc(S(=O)c2ccc(OC(F)(F)F)cc2)c2nc1-c1nnc(o1)C(O)(C(F)(F)F)CCCCC[C@@H]1CCCN21. The molecule has 3 aromatic rings. The molecule has 222 valence electrons. The zero-order valence-corrected chi connectivity index (χ0v) is 22.2. The van der Waals surface area contributed by atoms with Gasteiger partial charge in [-0.3, -0.25) is 0 Å². The zero-order valence-electron chi connectivity index (χ0n) is 21.3. The molecule has 2 aliphatic heterocycles. The number of nitrogen functional groups attached to an aromatic ring is 1. The predicted molar refractivity (Wildman–Crippen MR) is 133 cm³/mol. The Morgan fingerprint density at radius 2 is 1.76 bits per heavy atom. The van der Waals surface area contributed by atoms with Crippen LogP contribution in [0.1, 0.15) is 50.8 Å². The number of fused-ring (bicyclic) bond motifs is 7. The molecule has 4 heterocycles. The Balaban J connectivity index is 1.60. The number of nitrogens with two attached hydrogens (primary N) is 1. The van der Waals surface area contributed by atoms with E-state index < -0.39 is 52.9 Å². The van der Waals surface area contributed by atoms with E-state index in [1.165, 1.54) is 18.2 Å². The second kappa shape index (κ2) is 10.8. The zero-order chi connectivity index (χ0) is 29.6. The average Bonchev–Trinajstić information content (AvgIpc) is 3.57. The molecule has 0 aliphatic carbocycles. The summed E-state index contributed by atoms with van der Waals surface area (Å²) >= 11 is 0. The lowest BCUT2D eigenvalue weighted by Crippen LogP contribution is -2.42. The van der Waals surface area contributed by atoms with Crippen molar-refractivity contribution in [3.05, 3.63) is 36.2 Å². The van der Waals surface area contributed by atoms with Crippen molar-refractivity contribution in [1.82, 2.24) is 15.2 Å². The van der Waals surface area contributed by atoms with Crippen LogP contribution in [-0.4, -0.2) is 49.6 Å². The summed E-state index contributed by atoms with van der Waals surface area (Å²) in [6.45, 7) is 0.548. The second-order valence-electron chi connectivity index (χ2n) is 9.90. The van der Waals surface area contributed by atoms with Gasteiger partial charge in [0.25, 0.3) is 11.8 Å². The number of alkyl halides is 6. The first-order valence-electron chi connectivity index (χ1n) is 12.7. The van der Waals surface area contributed by atoms with Crippen LogP contribution in [-0.2, 0) is 16.4 Å². The lowest BCUT2D eigenvalue weighted by molar-refractivity contribution is -0.277. The van der Waals surface area contributed by atoms with Crippen molar-refractivity contribution in [2.24, 2.45) is 0 Å². The second-order valence-corrected chi connectivity index (χ2v) is 11.3. The van der Waals surface area contributed by atoms with E-state index in [0.29, 0.717) is 25.8 Å². The Morgan fingerprint density at radius 3 is 2.44 bits per heavy atom. The van der Waals surface area contributed by atoms with E-state index >= 15 is 0 Å². The highest BCUT2D eigenvalue weighted by Gasteiger charge is 2.58. The van der Waals surface area contributed by atoms with Gasteiger partial charge >= 0.3 is 12.5 Å². The summed E-state index contributed by atoms with van der Waals surface area (Å²) in [7, 11) is -1.97. The van der Waals surface area contributed by atoms with E-state index in [9.17, 15) is 35.7 Å². The summed E-state index contributed by atoms with van der Waals surface area (Å²) < 4.78 is 102. The van der Waals surface area contributed by atoms with E-state index in [1.807, 2.05) is 4.90 Å². The Kier molecular flexibility index (Phi) is 7.65.